The molecule has 2 aliphatic rings. The number of fused-ring (bicyclic) bond motifs is 4. The molecule has 43 heavy (non-hydrogen) atoms. The van der Waals surface area contributed by atoms with Crippen molar-refractivity contribution in [3.63, 3.8) is 0 Å². The van der Waals surface area contributed by atoms with Gasteiger partial charge in [0.15, 0.2) is 0 Å². The summed E-state index contributed by atoms with van der Waals surface area (Å²) in [6, 6.07) is 19.4. The predicted octanol–water partition coefficient (Wildman–Crippen LogP) is 5.61. The number of hydrogen-bond donors (Lipinski definition) is 3. The Labute approximate surface area is 249 Å². The minimum absolute atomic E-state index is 0.0535. The van der Waals surface area contributed by atoms with E-state index in [1.165, 1.54) is 11.6 Å². The number of carboxylic acid groups (broad SMARTS) is 1. The molecule has 0 radical (unpaired) electrons. The van der Waals surface area contributed by atoms with E-state index in [0.29, 0.717) is 12.3 Å². The zero-order chi connectivity index (χ0) is 30.6. The van der Waals surface area contributed by atoms with Crippen LogP contribution < -0.4 is 10.2 Å². The van der Waals surface area contributed by atoms with Crippen LogP contribution in [0.1, 0.15) is 72.4 Å². The summed E-state index contributed by atoms with van der Waals surface area (Å²) in [7, 11) is 0. The molecule has 0 bridgehead atoms. The first kappa shape index (κ1) is 28.2. The molecule has 6 rings (SSSR count). The van der Waals surface area contributed by atoms with Gasteiger partial charge < -0.3 is 15.4 Å². The van der Waals surface area contributed by atoms with Crippen molar-refractivity contribution in [2.45, 2.75) is 58.2 Å². The van der Waals surface area contributed by atoms with E-state index in [-0.39, 0.29) is 17.2 Å². The number of nitrogens with zero attached hydrogens (tertiary/aromatic N) is 2. The Morgan fingerprint density at radius 2 is 1.60 bits per heavy atom. The minimum atomic E-state index is -1.16. The van der Waals surface area contributed by atoms with Crippen LogP contribution in [0, 0.1) is 5.92 Å². The second-order valence-electron chi connectivity index (χ2n) is 11.9. The van der Waals surface area contributed by atoms with E-state index in [1.807, 2.05) is 36.4 Å². The molecule has 0 unspecified atom stereocenters. The van der Waals surface area contributed by atoms with Gasteiger partial charge in [-0.05, 0) is 46.7 Å². The molecule has 3 atom stereocenters. The fourth-order valence-corrected chi connectivity index (χ4v) is 6.30. The van der Waals surface area contributed by atoms with Gasteiger partial charge in [0.1, 0.15) is 18.1 Å². The minimum Gasteiger partial charge on any atom is -0.480 e. The number of urea groups is 1. The first-order valence-corrected chi connectivity index (χ1v) is 14.6. The van der Waals surface area contributed by atoms with E-state index in [0.717, 1.165) is 32.6 Å². The molecule has 220 valence electrons. The van der Waals surface area contributed by atoms with Gasteiger partial charge in [0.05, 0.1) is 11.3 Å². The van der Waals surface area contributed by atoms with Crippen molar-refractivity contribution >= 4 is 40.4 Å². The van der Waals surface area contributed by atoms with Crippen LogP contribution in [0.3, 0.4) is 0 Å². The molecule has 1 aromatic heterocycles. The highest BCUT2D eigenvalue weighted by Gasteiger charge is 2.53. The lowest BCUT2D eigenvalue weighted by Crippen LogP contribution is -2.45. The molecule has 1 saturated heterocycles. The number of nitrogens with one attached hydrogen (secondary N) is 2. The summed E-state index contributed by atoms with van der Waals surface area (Å²) in [5.74, 6) is -2.29. The molecule has 3 heterocycles. The van der Waals surface area contributed by atoms with Crippen LogP contribution in [0.4, 0.5) is 10.5 Å². The highest BCUT2D eigenvalue weighted by atomic mass is 16.4. The fourth-order valence-electron chi connectivity index (χ4n) is 6.30. The molecule has 0 saturated carbocycles. The number of benzene rings is 3. The van der Waals surface area contributed by atoms with Gasteiger partial charge in [-0.1, -0.05) is 82.3 Å². The summed E-state index contributed by atoms with van der Waals surface area (Å²) in [4.78, 5) is 59.9. The van der Waals surface area contributed by atoms with Crippen molar-refractivity contribution in [3.8, 4) is 0 Å². The Morgan fingerprint density at radius 3 is 2.28 bits per heavy atom. The van der Waals surface area contributed by atoms with Gasteiger partial charge in [0.25, 0.3) is 11.8 Å². The molecule has 9 nitrogen and oxygen atoms in total. The predicted molar refractivity (Wildman–Crippen MR) is 163 cm³/mol. The van der Waals surface area contributed by atoms with E-state index >= 15 is 0 Å². The zero-order valence-corrected chi connectivity index (χ0v) is 24.5. The highest BCUT2D eigenvalue weighted by Crippen LogP contribution is 2.45. The Bertz CT molecular complexity index is 1760. The summed E-state index contributed by atoms with van der Waals surface area (Å²) in [5.41, 5.74) is 5.01. The van der Waals surface area contributed by atoms with E-state index in [2.05, 4.69) is 36.3 Å². The average molecular weight is 579 g/mol. The standard InChI is InChI=1S/C34H34N4O5/c1-18(2)20-13-15-21(16-14-20)30-29-24(22-9-5-7-11-25(22)35-29)17-27-32(40)38(34(43)37(27)30)26-12-8-6-10-23(26)31(39)36-28(19(3)4)33(41)42/h5-16,18-19,27-28,30,35H,17H2,1-4H3,(H,36,39)(H,41,42)/t27-,28-,30+/m0/s1. The highest BCUT2D eigenvalue weighted by molar-refractivity contribution is 6.24. The lowest BCUT2D eigenvalue weighted by molar-refractivity contribution is -0.140. The number of anilines is 1. The van der Waals surface area contributed by atoms with Crippen molar-refractivity contribution in [1.29, 1.82) is 0 Å². The third-order valence-electron chi connectivity index (χ3n) is 8.58. The van der Waals surface area contributed by atoms with Crippen LogP contribution in [0.25, 0.3) is 10.9 Å². The van der Waals surface area contributed by atoms with Crippen LogP contribution in [-0.4, -0.2) is 50.9 Å². The monoisotopic (exact) mass is 578 g/mol. The molecule has 3 aromatic carbocycles. The topological polar surface area (TPSA) is 123 Å². The average Bonchev–Trinajstić information content (AvgIpc) is 3.48. The number of carbonyl (C=O) groups is 4. The third kappa shape index (κ3) is 4.65. The number of H-pyrrole nitrogens is 1. The lowest BCUT2D eigenvalue weighted by Gasteiger charge is -2.36. The summed E-state index contributed by atoms with van der Waals surface area (Å²) < 4.78 is 0. The number of aromatic nitrogens is 1. The third-order valence-corrected chi connectivity index (χ3v) is 8.58. The summed E-state index contributed by atoms with van der Waals surface area (Å²) >= 11 is 0. The molecule has 4 aromatic rings. The second kappa shape index (κ2) is 10.7. The number of carbonyl (C=O) groups excluding carboxylic acids is 3. The Morgan fingerprint density at radius 1 is 0.930 bits per heavy atom. The van der Waals surface area contributed by atoms with Gasteiger partial charge in [-0.2, -0.15) is 0 Å². The number of para-hydroxylation sites is 2. The van der Waals surface area contributed by atoms with Crippen molar-refractivity contribution in [3.05, 3.63) is 101 Å². The van der Waals surface area contributed by atoms with Crippen LogP contribution in [0.15, 0.2) is 72.8 Å². The number of aliphatic carboxylic acids is 1. The SMILES string of the molecule is CC(C)c1ccc([C@@H]2c3[nH]c4ccccc4c3C[C@H]3C(=O)N(c4ccccc4C(=O)N[C@H](C(=O)O)C(C)C)C(=O)N23)cc1. The van der Waals surface area contributed by atoms with Crippen LogP contribution >= 0.6 is 0 Å². The molecule has 4 amide bonds. The molecule has 1 fully saturated rings. The zero-order valence-electron chi connectivity index (χ0n) is 24.5. The van der Waals surface area contributed by atoms with Crippen LogP contribution in [-0.2, 0) is 16.0 Å². The molecule has 9 heteroatoms. The van der Waals surface area contributed by atoms with E-state index in [4.69, 9.17) is 0 Å². The maximum absolute atomic E-state index is 14.3. The van der Waals surface area contributed by atoms with Gasteiger partial charge in [-0.15, -0.1) is 0 Å². The first-order valence-electron chi connectivity index (χ1n) is 14.6. The summed E-state index contributed by atoms with van der Waals surface area (Å²) in [6.45, 7) is 7.64. The number of rotatable bonds is 7. The number of amides is 4. The number of imide groups is 1. The number of aromatic amines is 1. The quantitative estimate of drug-likeness (QED) is 0.246. The Balaban J connectivity index is 1.44. The van der Waals surface area contributed by atoms with E-state index in [9.17, 15) is 24.3 Å². The Kier molecular flexibility index (Phi) is 7.04. The molecule has 3 N–H and O–H groups in total. The second-order valence-corrected chi connectivity index (χ2v) is 11.9. The normalized spacial score (nSPS) is 18.7. The molecule has 2 aliphatic heterocycles. The van der Waals surface area contributed by atoms with Gasteiger partial charge in [-0.25, -0.2) is 14.5 Å². The molecule has 0 spiro atoms. The number of carboxylic acids is 1. The lowest BCUT2D eigenvalue weighted by atomic mass is 9.88. The first-order chi connectivity index (χ1) is 20.6. The van der Waals surface area contributed by atoms with Crippen LogP contribution in [0.2, 0.25) is 0 Å². The molecular formula is C34H34N4O5. The summed E-state index contributed by atoms with van der Waals surface area (Å²) in [5, 5.41) is 13.2. The van der Waals surface area contributed by atoms with Gasteiger partial charge in [0, 0.05) is 23.0 Å². The summed E-state index contributed by atoms with van der Waals surface area (Å²) in [6.07, 6.45) is 0.323. The maximum atomic E-state index is 14.3. The largest absolute Gasteiger partial charge is 0.480 e. The van der Waals surface area contributed by atoms with E-state index < -0.39 is 41.9 Å². The van der Waals surface area contributed by atoms with Crippen molar-refractivity contribution in [1.82, 2.24) is 15.2 Å². The van der Waals surface area contributed by atoms with Crippen LogP contribution in [0.5, 0.6) is 0 Å². The van der Waals surface area contributed by atoms with Crippen molar-refractivity contribution < 1.29 is 24.3 Å². The molecular weight excluding hydrogens is 544 g/mol. The van der Waals surface area contributed by atoms with Gasteiger partial charge >= 0.3 is 12.0 Å². The maximum Gasteiger partial charge on any atom is 0.332 e. The number of hydrogen-bond acceptors (Lipinski definition) is 4. The fraction of sp³-hybridized carbons (Fsp3) is 0.294. The Hall–Kier alpha value is -4.92. The van der Waals surface area contributed by atoms with Gasteiger partial charge in [0.2, 0.25) is 0 Å². The van der Waals surface area contributed by atoms with Crippen molar-refractivity contribution in [2.75, 3.05) is 4.90 Å². The smallest absolute Gasteiger partial charge is 0.332 e. The molecule has 0 aliphatic carbocycles. The van der Waals surface area contributed by atoms with Gasteiger partial charge in [-0.3, -0.25) is 14.5 Å². The van der Waals surface area contributed by atoms with Crippen molar-refractivity contribution in [2.24, 2.45) is 5.92 Å². The van der Waals surface area contributed by atoms with E-state index in [1.54, 1.807) is 36.9 Å².